The van der Waals surface area contributed by atoms with Crippen molar-refractivity contribution in [2.75, 3.05) is 5.32 Å². The molecule has 0 saturated heterocycles. The third-order valence-corrected chi connectivity index (χ3v) is 3.94. The number of amides is 2. The Morgan fingerprint density at radius 1 is 1.37 bits per heavy atom. The highest BCUT2D eigenvalue weighted by Gasteiger charge is 2.33. The van der Waals surface area contributed by atoms with E-state index in [-0.39, 0.29) is 11.8 Å². The molecule has 0 aromatic heterocycles. The van der Waals surface area contributed by atoms with Crippen molar-refractivity contribution in [3.05, 3.63) is 29.8 Å². The molecule has 100 valence electrons. The van der Waals surface area contributed by atoms with Crippen LogP contribution in [0.25, 0.3) is 0 Å². The van der Waals surface area contributed by atoms with E-state index in [1.807, 2.05) is 24.3 Å². The molecule has 0 spiro atoms. The van der Waals surface area contributed by atoms with Crippen molar-refractivity contribution in [2.24, 2.45) is 5.92 Å². The van der Waals surface area contributed by atoms with Crippen LogP contribution < -0.4 is 5.32 Å². The topological polar surface area (TPSA) is 49.4 Å². The second kappa shape index (κ2) is 4.68. The van der Waals surface area contributed by atoms with Gasteiger partial charge in [-0.15, -0.1) is 0 Å². The molecule has 4 nitrogen and oxygen atoms in total. The molecule has 1 atom stereocenters. The van der Waals surface area contributed by atoms with E-state index in [1.54, 1.807) is 11.8 Å². The molecule has 1 aromatic carbocycles. The number of carbonyl (C=O) groups excluding carboxylic acids is 2. The van der Waals surface area contributed by atoms with E-state index in [1.165, 1.54) is 0 Å². The first kappa shape index (κ1) is 12.2. The third-order valence-electron chi connectivity index (χ3n) is 3.94. The first-order chi connectivity index (χ1) is 9.15. The van der Waals surface area contributed by atoms with Gasteiger partial charge in [0, 0.05) is 18.7 Å². The Morgan fingerprint density at radius 2 is 2.11 bits per heavy atom. The average Bonchev–Trinajstić information content (AvgIpc) is 3.20. The standard InChI is InChI=1S/C15H18N2O2/c1-10-15(19)16-13-5-3-2-4-12(13)9-17(10)14(18)8-11-6-7-11/h2-5,10-11H,6-9H2,1H3,(H,16,19). The fourth-order valence-corrected chi connectivity index (χ4v) is 2.47. The number of nitrogens with one attached hydrogen (secondary N) is 1. The molecule has 1 aliphatic heterocycles. The summed E-state index contributed by atoms with van der Waals surface area (Å²) >= 11 is 0. The van der Waals surface area contributed by atoms with E-state index < -0.39 is 6.04 Å². The molecule has 19 heavy (non-hydrogen) atoms. The molecule has 3 rings (SSSR count). The molecule has 1 heterocycles. The van der Waals surface area contributed by atoms with Gasteiger partial charge in [-0.05, 0) is 37.3 Å². The SMILES string of the molecule is CC1C(=O)Nc2ccccc2CN1C(=O)CC1CC1. The van der Waals surface area contributed by atoms with Crippen molar-refractivity contribution in [3.63, 3.8) is 0 Å². The van der Waals surface area contributed by atoms with Gasteiger partial charge in [0.25, 0.3) is 0 Å². The molecule has 0 radical (unpaired) electrons. The Hall–Kier alpha value is -1.84. The van der Waals surface area contributed by atoms with Crippen LogP contribution in [-0.4, -0.2) is 22.8 Å². The Morgan fingerprint density at radius 3 is 2.84 bits per heavy atom. The summed E-state index contributed by atoms with van der Waals surface area (Å²) in [4.78, 5) is 26.1. The molecule has 1 fully saturated rings. The molecule has 1 saturated carbocycles. The van der Waals surface area contributed by atoms with E-state index in [4.69, 9.17) is 0 Å². The lowest BCUT2D eigenvalue weighted by molar-refractivity contribution is -0.138. The van der Waals surface area contributed by atoms with Crippen LogP contribution in [0.2, 0.25) is 0 Å². The zero-order valence-electron chi connectivity index (χ0n) is 11.1. The molecule has 2 amide bonds. The highest BCUT2D eigenvalue weighted by molar-refractivity contribution is 5.98. The van der Waals surface area contributed by atoms with Crippen LogP contribution in [0.15, 0.2) is 24.3 Å². The largest absolute Gasteiger partial charge is 0.327 e. The van der Waals surface area contributed by atoms with Gasteiger partial charge in [-0.2, -0.15) is 0 Å². The average molecular weight is 258 g/mol. The van der Waals surface area contributed by atoms with E-state index in [2.05, 4.69) is 5.32 Å². The smallest absolute Gasteiger partial charge is 0.246 e. The molecule has 1 N–H and O–H groups in total. The lowest BCUT2D eigenvalue weighted by atomic mass is 10.1. The van der Waals surface area contributed by atoms with Gasteiger partial charge in [0.05, 0.1) is 0 Å². The number of benzene rings is 1. The summed E-state index contributed by atoms with van der Waals surface area (Å²) in [5, 5.41) is 2.89. The number of hydrogen-bond acceptors (Lipinski definition) is 2. The van der Waals surface area contributed by atoms with Gasteiger partial charge in [0.15, 0.2) is 0 Å². The van der Waals surface area contributed by atoms with Crippen molar-refractivity contribution >= 4 is 17.5 Å². The fraction of sp³-hybridized carbons (Fsp3) is 0.467. The van der Waals surface area contributed by atoms with E-state index in [0.29, 0.717) is 18.9 Å². The Kier molecular flexibility index (Phi) is 3.01. The molecule has 1 aromatic rings. The summed E-state index contributed by atoms with van der Waals surface area (Å²) in [6.07, 6.45) is 2.88. The normalized spacial score (nSPS) is 22.5. The van der Waals surface area contributed by atoms with Crippen LogP contribution in [0.1, 0.15) is 31.7 Å². The Balaban J connectivity index is 1.86. The summed E-state index contributed by atoms with van der Waals surface area (Å²) in [6.45, 7) is 2.31. The number of hydrogen-bond donors (Lipinski definition) is 1. The van der Waals surface area contributed by atoms with Crippen LogP contribution in [-0.2, 0) is 16.1 Å². The molecule has 0 bridgehead atoms. The van der Waals surface area contributed by atoms with Crippen LogP contribution >= 0.6 is 0 Å². The zero-order valence-corrected chi connectivity index (χ0v) is 11.1. The lowest BCUT2D eigenvalue weighted by Gasteiger charge is -2.25. The summed E-state index contributed by atoms with van der Waals surface area (Å²) in [5.74, 6) is 0.539. The summed E-state index contributed by atoms with van der Waals surface area (Å²) < 4.78 is 0. The predicted molar refractivity (Wildman–Crippen MR) is 72.4 cm³/mol. The molecule has 1 aliphatic carbocycles. The van der Waals surface area contributed by atoms with Crippen molar-refractivity contribution in [1.29, 1.82) is 0 Å². The number of fused-ring (bicyclic) bond motifs is 1. The van der Waals surface area contributed by atoms with Gasteiger partial charge < -0.3 is 10.2 Å². The van der Waals surface area contributed by atoms with Crippen molar-refractivity contribution in [3.8, 4) is 0 Å². The molecule has 2 aliphatic rings. The molecular formula is C15H18N2O2. The van der Waals surface area contributed by atoms with E-state index in [9.17, 15) is 9.59 Å². The Labute approximate surface area is 112 Å². The third kappa shape index (κ3) is 2.48. The van der Waals surface area contributed by atoms with Crippen molar-refractivity contribution in [2.45, 2.75) is 38.8 Å². The monoisotopic (exact) mass is 258 g/mol. The summed E-state index contributed by atoms with van der Waals surface area (Å²) in [6, 6.07) is 7.27. The molecular weight excluding hydrogens is 240 g/mol. The van der Waals surface area contributed by atoms with Gasteiger partial charge in [0.1, 0.15) is 6.04 Å². The number of carbonyl (C=O) groups is 2. The first-order valence-electron chi connectivity index (χ1n) is 6.83. The first-order valence-corrected chi connectivity index (χ1v) is 6.83. The maximum atomic E-state index is 12.3. The summed E-state index contributed by atoms with van der Waals surface area (Å²) in [5.41, 5.74) is 1.82. The van der Waals surface area contributed by atoms with Crippen LogP contribution in [0, 0.1) is 5.92 Å². The quantitative estimate of drug-likeness (QED) is 0.883. The van der Waals surface area contributed by atoms with E-state index >= 15 is 0 Å². The number of anilines is 1. The lowest BCUT2D eigenvalue weighted by Crippen LogP contribution is -2.43. The van der Waals surface area contributed by atoms with Crippen molar-refractivity contribution < 1.29 is 9.59 Å². The maximum absolute atomic E-state index is 12.3. The zero-order chi connectivity index (χ0) is 13.4. The van der Waals surface area contributed by atoms with E-state index in [0.717, 1.165) is 24.1 Å². The van der Waals surface area contributed by atoms with Gasteiger partial charge in [-0.1, -0.05) is 18.2 Å². The van der Waals surface area contributed by atoms with Crippen molar-refractivity contribution in [1.82, 2.24) is 4.90 Å². The predicted octanol–water partition coefficient (Wildman–Crippen LogP) is 2.16. The van der Waals surface area contributed by atoms with Gasteiger partial charge in [-0.25, -0.2) is 0 Å². The van der Waals surface area contributed by atoms with Gasteiger partial charge in [-0.3, -0.25) is 9.59 Å². The number of nitrogens with zero attached hydrogens (tertiary/aromatic N) is 1. The van der Waals surface area contributed by atoms with Crippen LogP contribution in [0.4, 0.5) is 5.69 Å². The van der Waals surface area contributed by atoms with Crippen LogP contribution in [0.5, 0.6) is 0 Å². The molecule has 1 unspecified atom stereocenters. The van der Waals surface area contributed by atoms with Gasteiger partial charge in [0.2, 0.25) is 11.8 Å². The highest BCUT2D eigenvalue weighted by Crippen LogP contribution is 2.34. The minimum atomic E-state index is -0.404. The fourth-order valence-electron chi connectivity index (χ4n) is 2.47. The second-order valence-electron chi connectivity index (χ2n) is 5.49. The Bertz CT molecular complexity index is 523. The van der Waals surface area contributed by atoms with Crippen LogP contribution in [0.3, 0.4) is 0 Å². The number of rotatable bonds is 2. The maximum Gasteiger partial charge on any atom is 0.246 e. The second-order valence-corrected chi connectivity index (χ2v) is 5.49. The summed E-state index contributed by atoms with van der Waals surface area (Å²) in [7, 11) is 0. The number of para-hydroxylation sites is 1. The van der Waals surface area contributed by atoms with Gasteiger partial charge >= 0.3 is 0 Å². The minimum Gasteiger partial charge on any atom is -0.327 e. The molecule has 4 heteroatoms. The highest BCUT2D eigenvalue weighted by atomic mass is 16.2. The minimum absolute atomic E-state index is 0.0989.